The van der Waals surface area contributed by atoms with Crippen LogP contribution in [0.5, 0.6) is 0 Å². The molecule has 2 aromatic carbocycles. The first kappa shape index (κ1) is 16.1. The number of nitrogens with one attached hydrogen (secondary N) is 1. The molecule has 0 radical (unpaired) electrons. The summed E-state index contributed by atoms with van der Waals surface area (Å²) in [5.74, 6) is 0. The number of hydrogen-bond donors (Lipinski definition) is 1. The minimum atomic E-state index is 0.917. The van der Waals surface area contributed by atoms with Crippen LogP contribution in [0.25, 0.3) is 0 Å². The van der Waals surface area contributed by atoms with Gasteiger partial charge in [0.05, 0.1) is 5.69 Å². The van der Waals surface area contributed by atoms with Gasteiger partial charge in [0.25, 0.3) is 0 Å². The molecule has 2 nitrogen and oxygen atoms in total. The molecule has 2 rings (SSSR count). The Balaban J connectivity index is 2.19. The van der Waals surface area contributed by atoms with E-state index in [-0.39, 0.29) is 0 Å². The largest absolute Gasteiger partial charge is 0.343 e. The normalized spacial score (nSPS) is 10.7. The van der Waals surface area contributed by atoms with Crippen LogP contribution in [0.4, 0.5) is 11.4 Å². The molecule has 21 heavy (non-hydrogen) atoms. The number of hydrogen-bond acceptors (Lipinski definition) is 2. The average molecular weight is 347 g/mol. The molecular weight excluding hydrogens is 324 g/mol. The van der Waals surface area contributed by atoms with E-state index in [0.717, 1.165) is 24.0 Å². The Morgan fingerprint density at radius 1 is 1.10 bits per heavy atom. The zero-order chi connectivity index (χ0) is 15.2. The van der Waals surface area contributed by atoms with Gasteiger partial charge < -0.3 is 10.2 Å². The second-order valence-electron chi connectivity index (χ2n) is 5.31. The predicted molar refractivity (Wildman–Crippen MR) is 95.4 cm³/mol. The Morgan fingerprint density at radius 2 is 1.86 bits per heavy atom. The first-order valence-electron chi connectivity index (χ1n) is 7.42. The van der Waals surface area contributed by atoms with Crippen molar-refractivity contribution in [3.8, 4) is 0 Å². The van der Waals surface area contributed by atoms with Gasteiger partial charge in [0.15, 0.2) is 0 Å². The van der Waals surface area contributed by atoms with Gasteiger partial charge >= 0.3 is 0 Å². The number of nitrogens with zero attached hydrogens (tertiary/aromatic N) is 1. The maximum absolute atomic E-state index is 3.71. The summed E-state index contributed by atoms with van der Waals surface area (Å²) in [4.78, 5) is 2.22. The van der Waals surface area contributed by atoms with Crippen LogP contribution >= 0.6 is 15.9 Å². The van der Waals surface area contributed by atoms with Gasteiger partial charge in [-0.3, -0.25) is 0 Å². The fraction of sp³-hybridized carbons (Fsp3) is 0.333. The van der Waals surface area contributed by atoms with E-state index >= 15 is 0 Å². The summed E-state index contributed by atoms with van der Waals surface area (Å²) >= 11 is 3.71. The van der Waals surface area contributed by atoms with Crippen molar-refractivity contribution in [2.75, 3.05) is 18.5 Å². The molecule has 0 atom stereocenters. The fourth-order valence-electron chi connectivity index (χ4n) is 2.41. The molecule has 0 saturated heterocycles. The average Bonchev–Trinajstić information content (AvgIpc) is 2.47. The number of aryl methyl sites for hydroxylation is 1. The van der Waals surface area contributed by atoms with Gasteiger partial charge in [-0.05, 0) is 65.1 Å². The number of rotatable bonds is 6. The van der Waals surface area contributed by atoms with Crippen LogP contribution in [0.2, 0.25) is 0 Å². The van der Waals surface area contributed by atoms with E-state index in [9.17, 15) is 0 Å². The maximum Gasteiger partial charge on any atom is 0.0552 e. The van der Waals surface area contributed by atoms with Crippen LogP contribution in [0, 0.1) is 6.92 Å². The molecule has 0 saturated carbocycles. The number of benzene rings is 2. The Hall–Kier alpha value is -1.32. The Labute approximate surface area is 136 Å². The number of anilines is 2. The lowest BCUT2D eigenvalue weighted by Crippen LogP contribution is -2.15. The van der Waals surface area contributed by atoms with Crippen LogP contribution in [0.15, 0.2) is 46.9 Å². The topological polar surface area (TPSA) is 15.3 Å². The zero-order valence-electron chi connectivity index (χ0n) is 13.0. The third-order valence-electron chi connectivity index (χ3n) is 3.61. The minimum Gasteiger partial charge on any atom is -0.343 e. The lowest BCUT2D eigenvalue weighted by Gasteiger charge is -2.23. The highest BCUT2D eigenvalue weighted by Gasteiger charge is 2.10. The van der Waals surface area contributed by atoms with E-state index in [2.05, 4.69) is 89.5 Å². The van der Waals surface area contributed by atoms with Gasteiger partial charge in [-0.2, -0.15) is 0 Å². The highest BCUT2D eigenvalue weighted by atomic mass is 79.9. The van der Waals surface area contributed by atoms with Crippen molar-refractivity contribution >= 4 is 27.3 Å². The first-order valence-corrected chi connectivity index (χ1v) is 8.21. The van der Waals surface area contributed by atoms with Crippen molar-refractivity contribution < 1.29 is 0 Å². The van der Waals surface area contributed by atoms with Crippen LogP contribution < -0.4 is 10.2 Å². The second kappa shape index (κ2) is 7.62. The van der Waals surface area contributed by atoms with Crippen molar-refractivity contribution in [3.05, 3.63) is 58.1 Å². The van der Waals surface area contributed by atoms with Gasteiger partial charge in [0.2, 0.25) is 0 Å². The summed E-state index contributed by atoms with van der Waals surface area (Å²) in [5.41, 5.74) is 5.00. The molecule has 0 amide bonds. The van der Waals surface area contributed by atoms with Gasteiger partial charge in [-0.15, -0.1) is 0 Å². The van der Waals surface area contributed by atoms with Crippen molar-refractivity contribution in [2.45, 2.75) is 26.8 Å². The molecule has 0 aliphatic heterocycles. The van der Waals surface area contributed by atoms with Crippen molar-refractivity contribution in [1.82, 2.24) is 5.32 Å². The summed E-state index contributed by atoms with van der Waals surface area (Å²) in [5, 5.41) is 3.43. The molecule has 1 N–H and O–H groups in total. The van der Waals surface area contributed by atoms with Gasteiger partial charge in [-0.1, -0.05) is 31.2 Å². The van der Waals surface area contributed by atoms with Gasteiger partial charge in [0.1, 0.15) is 0 Å². The quantitative estimate of drug-likeness (QED) is 0.738. The molecule has 2 aromatic rings. The summed E-state index contributed by atoms with van der Waals surface area (Å²) < 4.78 is 1.13. The number of para-hydroxylation sites is 1. The lowest BCUT2D eigenvalue weighted by atomic mass is 10.1. The Kier molecular flexibility index (Phi) is 5.83. The summed E-state index contributed by atoms with van der Waals surface area (Å²) in [7, 11) is 2.11. The van der Waals surface area contributed by atoms with Crippen LogP contribution in [-0.2, 0) is 6.54 Å². The van der Waals surface area contributed by atoms with E-state index < -0.39 is 0 Å². The van der Waals surface area contributed by atoms with Crippen molar-refractivity contribution in [1.29, 1.82) is 0 Å². The van der Waals surface area contributed by atoms with E-state index in [4.69, 9.17) is 0 Å². The fourth-order valence-corrected chi connectivity index (χ4v) is 3.10. The molecular formula is C18H23BrN2. The smallest absolute Gasteiger partial charge is 0.0552 e. The summed E-state index contributed by atoms with van der Waals surface area (Å²) in [6, 6.07) is 15.0. The molecule has 0 spiro atoms. The highest BCUT2D eigenvalue weighted by molar-refractivity contribution is 9.10. The molecule has 0 aliphatic rings. The lowest BCUT2D eigenvalue weighted by molar-refractivity contribution is 0.675. The molecule has 0 fully saturated rings. The molecule has 0 heterocycles. The Morgan fingerprint density at radius 3 is 2.52 bits per heavy atom. The predicted octanol–water partition coefficient (Wildman–Crippen LogP) is 5.03. The van der Waals surface area contributed by atoms with Crippen molar-refractivity contribution in [3.63, 3.8) is 0 Å². The van der Waals surface area contributed by atoms with Crippen LogP contribution in [0.3, 0.4) is 0 Å². The first-order chi connectivity index (χ1) is 10.1. The Bertz CT molecular complexity index is 596. The number of halogens is 1. The van der Waals surface area contributed by atoms with E-state index in [1.54, 1.807) is 0 Å². The maximum atomic E-state index is 3.71. The zero-order valence-corrected chi connectivity index (χ0v) is 14.6. The minimum absolute atomic E-state index is 0.917. The molecule has 112 valence electrons. The summed E-state index contributed by atoms with van der Waals surface area (Å²) in [6.45, 7) is 6.30. The van der Waals surface area contributed by atoms with Crippen molar-refractivity contribution in [2.24, 2.45) is 0 Å². The van der Waals surface area contributed by atoms with E-state index in [1.807, 2.05) is 0 Å². The van der Waals surface area contributed by atoms with Crippen LogP contribution in [-0.4, -0.2) is 13.6 Å². The standard InChI is InChI=1S/C18H23BrN2/c1-4-11-20-13-15-9-10-18(16(19)12-15)21(3)17-8-6-5-7-14(17)2/h5-10,12,20H,4,11,13H2,1-3H3. The third kappa shape index (κ3) is 4.08. The molecule has 0 bridgehead atoms. The molecule has 3 heteroatoms. The van der Waals surface area contributed by atoms with Gasteiger partial charge in [0, 0.05) is 23.8 Å². The second-order valence-corrected chi connectivity index (χ2v) is 6.16. The molecule has 0 aromatic heterocycles. The van der Waals surface area contributed by atoms with Crippen LogP contribution in [0.1, 0.15) is 24.5 Å². The van der Waals surface area contributed by atoms with Gasteiger partial charge in [-0.25, -0.2) is 0 Å². The van der Waals surface area contributed by atoms with E-state index in [0.29, 0.717) is 0 Å². The monoisotopic (exact) mass is 346 g/mol. The highest BCUT2D eigenvalue weighted by Crippen LogP contribution is 2.33. The SMILES string of the molecule is CCCNCc1ccc(N(C)c2ccccc2C)c(Br)c1. The summed E-state index contributed by atoms with van der Waals surface area (Å²) in [6.07, 6.45) is 1.16. The molecule has 0 unspecified atom stereocenters. The third-order valence-corrected chi connectivity index (χ3v) is 4.24. The molecule has 0 aliphatic carbocycles. The van der Waals surface area contributed by atoms with E-state index in [1.165, 1.54) is 22.5 Å².